The van der Waals surface area contributed by atoms with Gasteiger partial charge in [0.2, 0.25) is 0 Å². The number of aliphatic hydroxyl groups excluding tert-OH is 2. The third kappa shape index (κ3) is 9.13. The number of nitrogens with zero attached hydrogens (tertiary/aromatic N) is 1. The van der Waals surface area contributed by atoms with Crippen molar-refractivity contribution in [1.82, 2.24) is 9.55 Å². The Kier molecular flexibility index (Phi) is 14.6. The van der Waals surface area contributed by atoms with Crippen LogP contribution in [0.15, 0.2) is 21.9 Å². The van der Waals surface area contributed by atoms with Gasteiger partial charge in [-0.05, 0) is 0 Å². The number of phosphoric acid groups is 2. The van der Waals surface area contributed by atoms with Gasteiger partial charge in [0.25, 0.3) is 13.4 Å². The van der Waals surface area contributed by atoms with Gasteiger partial charge >= 0.3 is 94.4 Å². The minimum Gasteiger partial charge on any atom is -0.790 e. The fourth-order valence-electron chi connectivity index (χ4n) is 2.04. The molecule has 0 bridgehead atoms. The molecule has 142 valence electrons. The van der Waals surface area contributed by atoms with Crippen molar-refractivity contribution in [2.24, 2.45) is 0 Å². The Balaban J connectivity index is 0. The molecule has 0 aliphatic carbocycles. The van der Waals surface area contributed by atoms with Crippen molar-refractivity contribution in [3.05, 3.63) is 33.1 Å². The number of nitrogens with one attached hydrogen (secondary N) is 1. The summed E-state index contributed by atoms with van der Waals surface area (Å²) in [7, 11) is -11.4. The molecule has 5 atom stereocenters. The Bertz CT molecular complexity index is 842. The third-order valence-corrected chi connectivity index (χ3v) is 5.12. The van der Waals surface area contributed by atoms with Crippen LogP contribution < -0.4 is 115 Å². The molecule has 1 aliphatic rings. The SMILES string of the molecule is O=c1ccn(C2OC(COP(=O)([O-])OP(=O)([O-])[O-])C(O)C2O)c(=O)[nH]1.[Na+].[Na+].[Na+]. The molecular formula is C9H11N2Na3O12P2. The minimum atomic E-state index is -5.88. The smallest absolute Gasteiger partial charge is 0.790 e. The molecule has 3 N–H and O–H groups in total. The van der Waals surface area contributed by atoms with Crippen LogP contribution in [-0.4, -0.2) is 44.7 Å². The maximum Gasteiger partial charge on any atom is 1.00 e. The van der Waals surface area contributed by atoms with Crippen LogP contribution in [-0.2, 0) is 22.7 Å². The number of aromatic amines is 1. The first-order valence-electron chi connectivity index (χ1n) is 6.42. The summed E-state index contributed by atoms with van der Waals surface area (Å²) in [5.74, 6) is 0. The van der Waals surface area contributed by atoms with Crippen molar-refractivity contribution >= 4 is 15.6 Å². The molecule has 14 nitrogen and oxygen atoms in total. The number of H-pyrrole nitrogens is 1. The molecule has 0 radical (unpaired) electrons. The van der Waals surface area contributed by atoms with Crippen LogP contribution in [0.1, 0.15) is 6.23 Å². The van der Waals surface area contributed by atoms with Crippen LogP contribution >= 0.6 is 15.6 Å². The van der Waals surface area contributed by atoms with Gasteiger partial charge in [-0.3, -0.25) is 23.2 Å². The van der Waals surface area contributed by atoms with Gasteiger partial charge < -0.3 is 38.7 Å². The summed E-state index contributed by atoms with van der Waals surface area (Å²) in [5, 5.41) is 19.7. The van der Waals surface area contributed by atoms with Crippen molar-refractivity contribution in [1.29, 1.82) is 0 Å². The number of hydrogen-bond acceptors (Lipinski definition) is 12. The number of aliphatic hydroxyl groups is 2. The van der Waals surface area contributed by atoms with E-state index in [2.05, 4.69) is 8.83 Å². The van der Waals surface area contributed by atoms with Crippen LogP contribution in [0.3, 0.4) is 0 Å². The molecule has 1 aliphatic heterocycles. The molecule has 1 aromatic rings. The average Bonchev–Trinajstić information content (AvgIpc) is 2.71. The third-order valence-electron chi connectivity index (χ3n) is 3.06. The second-order valence-corrected chi connectivity index (χ2v) is 7.54. The van der Waals surface area contributed by atoms with E-state index in [1.165, 1.54) is 0 Å². The van der Waals surface area contributed by atoms with Crippen molar-refractivity contribution in [3.63, 3.8) is 0 Å². The number of rotatable bonds is 6. The van der Waals surface area contributed by atoms with Gasteiger partial charge in [0.15, 0.2) is 6.23 Å². The molecule has 5 unspecified atom stereocenters. The van der Waals surface area contributed by atoms with Crippen LogP contribution in [0.5, 0.6) is 0 Å². The first kappa shape index (κ1) is 32.0. The second kappa shape index (κ2) is 12.8. The van der Waals surface area contributed by atoms with Crippen LogP contribution in [0, 0.1) is 0 Å². The first-order chi connectivity index (χ1) is 11.4. The predicted octanol–water partition coefficient (Wildman–Crippen LogP) is -13.5. The van der Waals surface area contributed by atoms with Crippen molar-refractivity contribution < 1.29 is 136 Å². The zero-order valence-electron chi connectivity index (χ0n) is 15.0. The number of hydrogen-bond donors (Lipinski definition) is 3. The maximum absolute atomic E-state index is 11.6. The fourth-order valence-corrected chi connectivity index (χ4v) is 3.53. The summed E-state index contributed by atoms with van der Waals surface area (Å²) in [5.41, 5.74) is -1.69. The van der Waals surface area contributed by atoms with Gasteiger partial charge in [-0.2, -0.15) is 0 Å². The fraction of sp³-hybridized carbons (Fsp3) is 0.556. The van der Waals surface area contributed by atoms with E-state index in [0.29, 0.717) is 0 Å². The monoisotopic (exact) mass is 470 g/mol. The van der Waals surface area contributed by atoms with Crippen LogP contribution in [0.4, 0.5) is 0 Å². The van der Waals surface area contributed by atoms with E-state index in [4.69, 9.17) is 4.74 Å². The number of aromatic nitrogens is 2. The molecule has 0 saturated carbocycles. The van der Waals surface area contributed by atoms with E-state index in [-0.39, 0.29) is 88.7 Å². The Hall–Kier alpha value is 1.82. The second-order valence-electron chi connectivity index (χ2n) is 4.84. The van der Waals surface area contributed by atoms with E-state index in [0.717, 1.165) is 16.8 Å². The van der Waals surface area contributed by atoms with E-state index in [9.17, 15) is 43.6 Å². The van der Waals surface area contributed by atoms with Gasteiger partial charge in [-0.1, -0.05) is 0 Å². The standard InChI is InChI=1S/C9H14N2O12P2.3Na/c12-5-1-2-11(9(15)10-5)8-7(14)6(13)4(22-8)3-21-25(19,20)23-24(16,17)18;;;/h1-2,4,6-8,13-14H,3H2,(H,19,20)(H,10,12,15)(H2,16,17,18);;;/q;3*+1/p-3. The first-order valence-corrected chi connectivity index (χ1v) is 9.34. The van der Waals surface area contributed by atoms with Gasteiger partial charge in [-0.25, -0.2) is 4.79 Å². The number of ether oxygens (including phenoxy) is 1. The minimum absolute atomic E-state index is 0. The number of phosphoric ester groups is 1. The van der Waals surface area contributed by atoms with Crippen LogP contribution in [0.2, 0.25) is 0 Å². The van der Waals surface area contributed by atoms with Crippen molar-refractivity contribution in [3.8, 4) is 0 Å². The summed E-state index contributed by atoms with van der Waals surface area (Å²) in [6, 6.07) is 0.938. The van der Waals surface area contributed by atoms with Gasteiger partial charge in [-0.15, -0.1) is 0 Å². The van der Waals surface area contributed by atoms with Crippen molar-refractivity contribution in [2.45, 2.75) is 24.5 Å². The Morgan fingerprint density at radius 2 is 1.71 bits per heavy atom. The van der Waals surface area contributed by atoms with Crippen molar-refractivity contribution in [2.75, 3.05) is 6.61 Å². The molecule has 1 fully saturated rings. The summed E-state index contributed by atoms with van der Waals surface area (Å²) in [4.78, 5) is 56.2. The van der Waals surface area contributed by atoms with E-state index in [1.807, 2.05) is 4.98 Å². The molecule has 0 spiro atoms. The van der Waals surface area contributed by atoms with E-state index >= 15 is 0 Å². The summed E-state index contributed by atoms with van der Waals surface area (Å²) in [6.45, 7) is -1.02. The molecule has 0 aromatic carbocycles. The molecule has 2 heterocycles. The molecule has 28 heavy (non-hydrogen) atoms. The average molecular weight is 470 g/mol. The zero-order chi connectivity index (χ0) is 19.0. The Labute approximate surface area is 223 Å². The molecule has 2 rings (SSSR count). The maximum atomic E-state index is 11.6. The normalized spacial score (nSPS) is 26.3. The Morgan fingerprint density at radius 1 is 1.14 bits per heavy atom. The summed E-state index contributed by atoms with van der Waals surface area (Å²) >= 11 is 0. The molecule has 0 amide bonds. The Morgan fingerprint density at radius 3 is 2.21 bits per heavy atom. The van der Waals surface area contributed by atoms with E-state index in [1.54, 1.807) is 0 Å². The topological polar surface area (TPSA) is 226 Å². The zero-order valence-corrected chi connectivity index (χ0v) is 22.8. The molecule has 19 heteroatoms. The molecule has 1 saturated heterocycles. The summed E-state index contributed by atoms with van der Waals surface area (Å²) in [6.07, 6.45) is -5.51. The van der Waals surface area contributed by atoms with Gasteiger partial charge in [0.05, 0.1) is 14.4 Å². The quantitative estimate of drug-likeness (QED) is 0.260. The largest absolute Gasteiger partial charge is 1.00 e. The molecular weight excluding hydrogens is 459 g/mol. The molecule has 1 aromatic heterocycles. The van der Waals surface area contributed by atoms with Gasteiger partial charge in [0, 0.05) is 12.3 Å². The predicted molar refractivity (Wildman–Crippen MR) is 69.5 cm³/mol. The van der Waals surface area contributed by atoms with Gasteiger partial charge in [0.1, 0.15) is 18.3 Å². The van der Waals surface area contributed by atoms with E-state index < -0.39 is 58.0 Å². The van der Waals surface area contributed by atoms with Crippen LogP contribution in [0.25, 0.3) is 0 Å². The summed E-state index contributed by atoms with van der Waals surface area (Å²) < 4.78 is 34.6.